The van der Waals surface area contributed by atoms with Gasteiger partial charge in [-0.2, -0.15) is 0 Å². The standard InChI is InChI=1S/C28H26N3OS2.C7H8O3S/c1-19-8-12-22(13-9-19)30-21(3)18-33-28(30)26-27(32)31(23-14-10-20(2)11-15-23)25(34-26)17-24-7-5-6-16-29(24)4;1-6-2-4-7(5-3-6)11(8,9)10/h5-18H,1-4H3;2-5H,1H3,(H,8,9,10)/q+1;/p-1/b28-26+;. The van der Waals surface area contributed by atoms with Crippen LogP contribution in [0.1, 0.15) is 29.3 Å². The second kappa shape index (κ2) is 13.4. The molecule has 3 aromatic carbocycles. The van der Waals surface area contributed by atoms with Crippen molar-refractivity contribution in [1.29, 1.82) is 0 Å². The van der Waals surface area contributed by atoms with Gasteiger partial charge < -0.3 is 9.45 Å². The van der Waals surface area contributed by atoms with Crippen molar-refractivity contribution in [2.75, 3.05) is 4.90 Å². The molecule has 0 N–H and O–H groups in total. The number of rotatable bonds is 4. The van der Waals surface area contributed by atoms with E-state index in [0.29, 0.717) is 0 Å². The number of nitrogens with zero attached hydrogens (tertiary/aromatic N) is 3. The van der Waals surface area contributed by atoms with E-state index in [1.165, 1.54) is 34.6 Å². The van der Waals surface area contributed by atoms with E-state index in [2.05, 4.69) is 72.1 Å². The van der Waals surface area contributed by atoms with Crippen LogP contribution in [0.25, 0.3) is 16.8 Å². The molecule has 45 heavy (non-hydrogen) atoms. The number of thioether (sulfide) groups is 1. The second-order valence-corrected chi connectivity index (χ2v) is 14.0. The summed E-state index contributed by atoms with van der Waals surface area (Å²) in [5.74, 6) is 0. The first-order valence-corrected chi connectivity index (χ1v) is 17.3. The van der Waals surface area contributed by atoms with Crippen LogP contribution in [0.5, 0.6) is 0 Å². The van der Waals surface area contributed by atoms with Gasteiger partial charge in [-0.25, -0.2) is 13.0 Å². The van der Waals surface area contributed by atoms with Crippen LogP contribution in [0.15, 0.2) is 118 Å². The highest BCUT2D eigenvalue weighted by molar-refractivity contribution is 8.11. The largest absolute Gasteiger partial charge is 0.744 e. The van der Waals surface area contributed by atoms with Gasteiger partial charge >= 0.3 is 0 Å². The molecule has 0 saturated carbocycles. The normalized spacial score (nSPS) is 14.7. The third kappa shape index (κ3) is 7.37. The van der Waals surface area contributed by atoms with E-state index in [9.17, 15) is 17.8 Å². The zero-order chi connectivity index (χ0) is 32.3. The molecule has 0 amide bonds. The molecular formula is C35H33N3O4S3. The van der Waals surface area contributed by atoms with Crippen LogP contribution in [-0.4, -0.2) is 17.5 Å². The monoisotopic (exact) mass is 655 g/mol. The number of benzene rings is 3. The number of anilines is 1. The van der Waals surface area contributed by atoms with Gasteiger partial charge in [-0.15, -0.1) is 11.3 Å². The van der Waals surface area contributed by atoms with Crippen LogP contribution in [0.3, 0.4) is 0 Å². The van der Waals surface area contributed by atoms with Crippen molar-refractivity contribution in [1.82, 2.24) is 4.57 Å². The Morgan fingerprint density at radius 1 is 0.778 bits per heavy atom. The third-order valence-corrected chi connectivity index (χ3v) is 10.3. The average molecular weight is 656 g/mol. The Labute approximate surface area is 271 Å². The minimum absolute atomic E-state index is 0.00130. The van der Waals surface area contributed by atoms with Gasteiger partial charge in [0.15, 0.2) is 6.20 Å². The van der Waals surface area contributed by atoms with Gasteiger partial charge in [-0.05, 0) is 75.6 Å². The molecule has 1 aliphatic rings. The summed E-state index contributed by atoms with van der Waals surface area (Å²) >= 11 is 3.15. The molecule has 0 unspecified atom stereocenters. The topological polar surface area (TPSA) is 86.3 Å². The Bertz CT molecular complexity index is 2170. The van der Waals surface area contributed by atoms with E-state index in [1.807, 2.05) is 61.1 Å². The molecule has 0 bridgehead atoms. The maximum atomic E-state index is 13.9. The fourth-order valence-corrected chi connectivity index (χ4v) is 7.36. The van der Waals surface area contributed by atoms with E-state index in [0.717, 1.165) is 42.6 Å². The van der Waals surface area contributed by atoms with Crippen LogP contribution in [-0.2, 0) is 17.2 Å². The number of aryl methyl sites for hydroxylation is 4. The molecule has 230 valence electrons. The van der Waals surface area contributed by atoms with E-state index in [-0.39, 0.29) is 10.5 Å². The highest BCUT2D eigenvalue weighted by atomic mass is 32.2. The Morgan fingerprint density at radius 3 is 1.89 bits per heavy atom. The maximum Gasteiger partial charge on any atom is 0.276 e. The van der Waals surface area contributed by atoms with Crippen LogP contribution >= 0.6 is 23.1 Å². The molecular weight excluding hydrogens is 623 g/mol. The first-order chi connectivity index (χ1) is 21.4. The number of aromatic nitrogens is 2. The van der Waals surface area contributed by atoms with E-state index in [1.54, 1.807) is 23.9 Å². The number of hydrogen-bond donors (Lipinski definition) is 0. The molecule has 0 aliphatic carbocycles. The Balaban J connectivity index is 0.000000309. The molecule has 0 atom stereocenters. The van der Waals surface area contributed by atoms with Crippen LogP contribution in [0, 0.1) is 20.8 Å². The van der Waals surface area contributed by atoms with Gasteiger partial charge in [-0.3, -0.25) is 9.36 Å². The Kier molecular flexibility index (Phi) is 9.59. The number of hydrogen-bond acceptors (Lipinski definition) is 7. The van der Waals surface area contributed by atoms with Crippen molar-refractivity contribution in [3.05, 3.63) is 150 Å². The quantitative estimate of drug-likeness (QED) is 0.194. The number of allylic oxidation sites excluding steroid dienone is 1. The lowest BCUT2D eigenvalue weighted by molar-refractivity contribution is -0.673. The lowest BCUT2D eigenvalue weighted by Gasteiger charge is -2.21. The van der Waals surface area contributed by atoms with Gasteiger partial charge in [0.1, 0.15) is 31.4 Å². The fraction of sp³-hybridized carbons (Fsp3) is 0.143. The summed E-state index contributed by atoms with van der Waals surface area (Å²) in [4.78, 5) is 15.9. The molecule has 5 aromatic rings. The lowest BCUT2D eigenvalue weighted by Crippen LogP contribution is -2.34. The van der Waals surface area contributed by atoms with Gasteiger partial charge in [0, 0.05) is 29.6 Å². The van der Waals surface area contributed by atoms with E-state index >= 15 is 0 Å². The summed E-state index contributed by atoms with van der Waals surface area (Å²) in [5.41, 5.74) is 7.39. The molecule has 0 spiro atoms. The zero-order valence-corrected chi connectivity index (χ0v) is 28.0. The van der Waals surface area contributed by atoms with Gasteiger partial charge in [0.05, 0.1) is 10.6 Å². The van der Waals surface area contributed by atoms with E-state index in [4.69, 9.17) is 0 Å². The summed E-state index contributed by atoms with van der Waals surface area (Å²) in [6.07, 6.45) is 4.11. The number of thiazole rings is 1. The first kappa shape index (κ1) is 32.2. The summed E-state index contributed by atoms with van der Waals surface area (Å²) in [6, 6.07) is 28.4. The Hall–Kier alpha value is -4.22. The van der Waals surface area contributed by atoms with Gasteiger partial charge in [-0.1, -0.05) is 64.9 Å². The molecule has 0 fully saturated rings. The highest BCUT2D eigenvalue weighted by Gasteiger charge is 2.24. The van der Waals surface area contributed by atoms with Crippen molar-refractivity contribution in [3.8, 4) is 5.69 Å². The van der Waals surface area contributed by atoms with E-state index < -0.39 is 10.1 Å². The lowest BCUT2D eigenvalue weighted by atomic mass is 10.2. The van der Waals surface area contributed by atoms with Crippen molar-refractivity contribution < 1.29 is 17.5 Å². The summed E-state index contributed by atoms with van der Waals surface area (Å²) < 4.78 is 36.7. The maximum absolute atomic E-state index is 13.9. The molecule has 3 heterocycles. The predicted octanol–water partition coefficient (Wildman–Crippen LogP) is 5.25. The van der Waals surface area contributed by atoms with Crippen LogP contribution < -0.4 is 24.2 Å². The smallest absolute Gasteiger partial charge is 0.276 e. The van der Waals surface area contributed by atoms with Crippen molar-refractivity contribution in [2.24, 2.45) is 7.05 Å². The number of pyridine rings is 1. The second-order valence-electron chi connectivity index (χ2n) is 10.7. The van der Waals surface area contributed by atoms with Crippen molar-refractivity contribution in [3.63, 3.8) is 0 Å². The SMILES string of the molecule is CC1=CS/C(=c2/s/c(=C\c3cccc[n+]3C)n(-c3ccc(C)cc3)c2=O)N1c1ccc(C)cc1.Cc1ccc(S(=O)(=O)[O-])cc1. The van der Waals surface area contributed by atoms with Gasteiger partial charge in [0.25, 0.3) is 5.56 Å². The minimum atomic E-state index is -4.27. The van der Waals surface area contributed by atoms with Crippen LogP contribution in [0.4, 0.5) is 5.69 Å². The molecule has 2 aromatic heterocycles. The summed E-state index contributed by atoms with van der Waals surface area (Å²) in [7, 11) is -2.25. The molecule has 6 rings (SSSR count). The third-order valence-electron chi connectivity index (χ3n) is 7.18. The molecule has 0 saturated heterocycles. The minimum Gasteiger partial charge on any atom is -0.744 e. The highest BCUT2D eigenvalue weighted by Crippen LogP contribution is 2.38. The van der Waals surface area contributed by atoms with Crippen LogP contribution in [0.2, 0.25) is 0 Å². The van der Waals surface area contributed by atoms with Crippen molar-refractivity contribution >= 4 is 50.0 Å². The fourth-order valence-electron chi connectivity index (χ4n) is 4.66. The molecule has 0 radical (unpaired) electrons. The molecule has 10 heteroatoms. The zero-order valence-electron chi connectivity index (χ0n) is 25.6. The summed E-state index contributed by atoms with van der Waals surface area (Å²) in [6.45, 7) is 8.05. The summed E-state index contributed by atoms with van der Waals surface area (Å²) in [5, 5.41) is 3.07. The molecule has 7 nitrogen and oxygen atoms in total. The van der Waals surface area contributed by atoms with Crippen molar-refractivity contribution in [2.45, 2.75) is 32.6 Å². The average Bonchev–Trinajstić information content (AvgIpc) is 3.54. The first-order valence-electron chi connectivity index (χ1n) is 14.1. The predicted molar refractivity (Wildman–Crippen MR) is 183 cm³/mol. The van der Waals surface area contributed by atoms with Gasteiger partial charge in [0.2, 0.25) is 5.69 Å². The Morgan fingerprint density at radius 2 is 1.33 bits per heavy atom. The molecule has 1 aliphatic heterocycles.